The number of fused-ring (bicyclic) bond motifs is 1. The Morgan fingerprint density at radius 2 is 1.70 bits per heavy atom. The van der Waals surface area contributed by atoms with Crippen LogP contribution in [0.4, 0.5) is 0 Å². The third kappa shape index (κ3) is 2.34. The Morgan fingerprint density at radius 3 is 2.45 bits per heavy atom. The van der Waals surface area contributed by atoms with Crippen molar-refractivity contribution in [3.63, 3.8) is 0 Å². The molecule has 3 aromatic rings. The van der Waals surface area contributed by atoms with Crippen LogP contribution in [0.2, 0.25) is 0 Å². The molecular formula is C18H20N2. The average molecular weight is 264 g/mol. The topological polar surface area (TPSA) is 28.7 Å². The minimum Gasteiger partial charge on any atom is -0.342 e. The van der Waals surface area contributed by atoms with Crippen molar-refractivity contribution in [2.24, 2.45) is 0 Å². The molecule has 2 nitrogen and oxygen atoms in total. The molecule has 0 radical (unpaired) electrons. The largest absolute Gasteiger partial charge is 0.342 e. The summed E-state index contributed by atoms with van der Waals surface area (Å²) in [6.07, 6.45) is 0.855. The quantitative estimate of drug-likeness (QED) is 0.730. The van der Waals surface area contributed by atoms with Crippen LogP contribution < -0.4 is 0 Å². The van der Waals surface area contributed by atoms with E-state index in [0.717, 1.165) is 23.3 Å². The molecule has 3 rings (SSSR count). The van der Waals surface area contributed by atoms with Crippen LogP contribution in [0.15, 0.2) is 30.3 Å². The number of aryl methyl sites for hydroxylation is 4. The predicted molar refractivity (Wildman–Crippen MR) is 84.3 cm³/mol. The fraction of sp³-hybridized carbons (Fsp3) is 0.278. The second kappa shape index (κ2) is 4.78. The Hall–Kier alpha value is -2.09. The van der Waals surface area contributed by atoms with E-state index < -0.39 is 0 Å². The number of aromatic nitrogens is 2. The molecule has 1 aromatic heterocycles. The predicted octanol–water partition coefficient (Wildman–Crippen LogP) is 4.39. The lowest BCUT2D eigenvalue weighted by molar-refractivity contribution is 1.03. The highest BCUT2D eigenvalue weighted by Crippen LogP contribution is 2.20. The summed E-state index contributed by atoms with van der Waals surface area (Å²) >= 11 is 0. The molecule has 20 heavy (non-hydrogen) atoms. The summed E-state index contributed by atoms with van der Waals surface area (Å²) in [4.78, 5) is 8.19. The third-order valence-corrected chi connectivity index (χ3v) is 3.91. The Labute approximate surface area is 119 Å². The van der Waals surface area contributed by atoms with E-state index in [1.54, 1.807) is 0 Å². The van der Waals surface area contributed by atoms with Crippen LogP contribution in [-0.4, -0.2) is 9.97 Å². The minimum atomic E-state index is 0.855. The van der Waals surface area contributed by atoms with Crippen molar-refractivity contribution in [3.05, 3.63) is 64.0 Å². The highest BCUT2D eigenvalue weighted by molar-refractivity contribution is 5.79. The first-order valence-corrected chi connectivity index (χ1v) is 7.05. The molecule has 0 aliphatic heterocycles. The highest BCUT2D eigenvalue weighted by Gasteiger charge is 2.07. The van der Waals surface area contributed by atoms with Crippen LogP contribution >= 0.6 is 0 Å². The standard InChI is InChI=1S/C18H20N2/c1-11-7-14(4)18-16(8-11)19-17(20-18)10-15-6-5-12(2)13(3)9-15/h5-9H,10H2,1-4H3,(H,19,20). The molecule has 2 heteroatoms. The smallest absolute Gasteiger partial charge is 0.111 e. The lowest BCUT2D eigenvalue weighted by atomic mass is 10.0. The van der Waals surface area contributed by atoms with Crippen molar-refractivity contribution in [1.82, 2.24) is 9.97 Å². The average Bonchev–Trinajstić information content (AvgIpc) is 2.76. The van der Waals surface area contributed by atoms with Crippen molar-refractivity contribution in [3.8, 4) is 0 Å². The highest BCUT2D eigenvalue weighted by atomic mass is 14.9. The molecule has 0 fully saturated rings. The van der Waals surface area contributed by atoms with Crippen LogP contribution in [0.5, 0.6) is 0 Å². The molecule has 0 saturated heterocycles. The SMILES string of the molecule is Cc1cc(C)c2nc(Cc3ccc(C)c(C)c3)[nH]c2c1. The molecule has 0 amide bonds. The van der Waals surface area contributed by atoms with E-state index >= 15 is 0 Å². The van der Waals surface area contributed by atoms with Gasteiger partial charge in [0, 0.05) is 6.42 Å². The maximum absolute atomic E-state index is 4.75. The summed E-state index contributed by atoms with van der Waals surface area (Å²) < 4.78 is 0. The van der Waals surface area contributed by atoms with Gasteiger partial charge in [-0.2, -0.15) is 0 Å². The van der Waals surface area contributed by atoms with Crippen LogP contribution in [0.1, 0.15) is 33.6 Å². The number of rotatable bonds is 2. The first-order valence-electron chi connectivity index (χ1n) is 7.05. The molecule has 0 aliphatic rings. The maximum atomic E-state index is 4.75. The number of nitrogens with zero attached hydrogens (tertiary/aromatic N) is 1. The Bertz CT molecular complexity index is 781. The number of imidazole rings is 1. The monoisotopic (exact) mass is 264 g/mol. The van der Waals surface area contributed by atoms with E-state index in [9.17, 15) is 0 Å². The van der Waals surface area contributed by atoms with Gasteiger partial charge in [0.2, 0.25) is 0 Å². The Morgan fingerprint density at radius 1 is 0.900 bits per heavy atom. The van der Waals surface area contributed by atoms with E-state index in [4.69, 9.17) is 4.98 Å². The van der Waals surface area contributed by atoms with Gasteiger partial charge in [-0.05, 0) is 61.6 Å². The van der Waals surface area contributed by atoms with Gasteiger partial charge in [-0.15, -0.1) is 0 Å². The fourth-order valence-electron chi connectivity index (χ4n) is 2.71. The summed E-state index contributed by atoms with van der Waals surface area (Å²) in [5.41, 5.74) is 8.73. The first kappa shape index (κ1) is 12.9. The fourth-order valence-corrected chi connectivity index (χ4v) is 2.71. The summed E-state index contributed by atoms with van der Waals surface area (Å²) in [6, 6.07) is 11.0. The zero-order chi connectivity index (χ0) is 14.3. The molecule has 0 saturated carbocycles. The second-order valence-corrected chi connectivity index (χ2v) is 5.76. The molecular weight excluding hydrogens is 244 g/mol. The van der Waals surface area contributed by atoms with Crippen molar-refractivity contribution in [2.45, 2.75) is 34.1 Å². The number of hydrogen-bond acceptors (Lipinski definition) is 1. The Kier molecular flexibility index (Phi) is 3.09. The zero-order valence-corrected chi connectivity index (χ0v) is 12.5. The Balaban J connectivity index is 1.98. The lowest BCUT2D eigenvalue weighted by Gasteiger charge is -2.03. The van der Waals surface area contributed by atoms with Gasteiger partial charge >= 0.3 is 0 Å². The van der Waals surface area contributed by atoms with Gasteiger partial charge in [-0.1, -0.05) is 24.3 Å². The van der Waals surface area contributed by atoms with Gasteiger partial charge in [-0.25, -0.2) is 4.98 Å². The van der Waals surface area contributed by atoms with Crippen molar-refractivity contribution in [2.75, 3.05) is 0 Å². The molecule has 0 atom stereocenters. The number of H-pyrrole nitrogens is 1. The van der Waals surface area contributed by atoms with Crippen LogP contribution in [0, 0.1) is 27.7 Å². The van der Waals surface area contributed by atoms with E-state index in [2.05, 4.69) is 63.0 Å². The van der Waals surface area contributed by atoms with Gasteiger partial charge in [0.15, 0.2) is 0 Å². The molecule has 0 bridgehead atoms. The molecule has 1 heterocycles. The van der Waals surface area contributed by atoms with Gasteiger partial charge in [-0.3, -0.25) is 0 Å². The summed E-state index contributed by atoms with van der Waals surface area (Å²) in [5, 5.41) is 0. The van der Waals surface area contributed by atoms with Crippen LogP contribution in [0.3, 0.4) is 0 Å². The van der Waals surface area contributed by atoms with Crippen molar-refractivity contribution in [1.29, 1.82) is 0 Å². The number of aromatic amines is 1. The molecule has 0 unspecified atom stereocenters. The summed E-state index contributed by atoms with van der Waals surface area (Å²) in [7, 11) is 0. The maximum Gasteiger partial charge on any atom is 0.111 e. The van der Waals surface area contributed by atoms with Gasteiger partial charge < -0.3 is 4.98 Å². The molecule has 0 aliphatic carbocycles. The molecule has 0 spiro atoms. The van der Waals surface area contributed by atoms with Crippen molar-refractivity contribution >= 4 is 11.0 Å². The van der Waals surface area contributed by atoms with E-state index in [0.29, 0.717) is 0 Å². The van der Waals surface area contributed by atoms with E-state index in [1.165, 1.54) is 27.8 Å². The second-order valence-electron chi connectivity index (χ2n) is 5.76. The van der Waals surface area contributed by atoms with E-state index in [-0.39, 0.29) is 0 Å². The van der Waals surface area contributed by atoms with Crippen LogP contribution in [0.25, 0.3) is 11.0 Å². The number of nitrogens with one attached hydrogen (secondary N) is 1. The van der Waals surface area contributed by atoms with E-state index in [1.807, 2.05) is 0 Å². The summed E-state index contributed by atoms with van der Waals surface area (Å²) in [5.74, 6) is 1.04. The third-order valence-electron chi connectivity index (χ3n) is 3.91. The number of hydrogen-bond donors (Lipinski definition) is 1. The van der Waals surface area contributed by atoms with Gasteiger partial charge in [0.25, 0.3) is 0 Å². The minimum absolute atomic E-state index is 0.855. The van der Waals surface area contributed by atoms with Crippen LogP contribution in [-0.2, 0) is 6.42 Å². The summed E-state index contributed by atoms with van der Waals surface area (Å²) in [6.45, 7) is 8.55. The lowest BCUT2D eigenvalue weighted by Crippen LogP contribution is -1.92. The normalized spacial score (nSPS) is 11.2. The molecule has 2 aromatic carbocycles. The first-order chi connectivity index (χ1) is 9.52. The van der Waals surface area contributed by atoms with Crippen molar-refractivity contribution < 1.29 is 0 Å². The number of benzene rings is 2. The van der Waals surface area contributed by atoms with Gasteiger partial charge in [0.1, 0.15) is 5.82 Å². The van der Waals surface area contributed by atoms with Gasteiger partial charge in [0.05, 0.1) is 11.0 Å². The molecule has 1 N–H and O–H groups in total. The zero-order valence-electron chi connectivity index (χ0n) is 12.5. The molecule has 102 valence electrons.